The molecule has 0 amide bonds. The average Bonchev–Trinajstić information content (AvgIpc) is 2.36. The summed E-state index contributed by atoms with van der Waals surface area (Å²) in [6.45, 7) is -3.29. The van der Waals surface area contributed by atoms with Crippen molar-refractivity contribution in [3.63, 3.8) is 0 Å². The predicted octanol–water partition coefficient (Wildman–Crippen LogP) is 4.16. The van der Waals surface area contributed by atoms with Crippen LogP contribution in [0.4, 0.5) is 48.3 Å². The Bertz CT molecular complexity index is 495. The molecule has 0 saturated carbocycles. The van der Waals surface area contributed by atoms with Gasteiger partial charge in [0.1, 0.15) is 0 Å². The number of hydrogen-bond acceptors (Lipinski definition) is 1. The highest BCUT2D eigenvalue weighted by Crippen LogP contribution is 2.57. The van der Waals surface area contributed by atoms with Gasteiger partial charge in [0.2, 0.25) is 0 Å². The first kappa shape index (κ1) is 21.4. The van der Waals surface area contributed by atoms with Gasteiger partial charge in [-0.2, -0.15) is 43.9 Å². The minimum absolute atomic E-state index is 0.235. The first-order chi connectivity index (χ1) is 9.89. The Morgan fingerprint density at radius 3 is 1.57 bits per heavy atom. The molecule has 0 radical (unpaired) electrons. The lowest BCUT2D eigenvalue weighted by Gasteiger charge is -2.38. The Morgan fingerprint density at radius 1 is 0.870 bits per heavy atom. The quantitative estimate of drug-likeness (QED) is 0.541. The van der Waals surface area contributed by atoms with E-state index in [-0.39, 0.29) is 6.92 Å². The Morgan fingerprint density at radius 2 is 1.26 bits per heavy atom. The number of alkyl halides is 11. The zero-order valence-corrected chi connectivity index (χ0v) is 10.8. The molecule has 136 valence electrons. The predicted molar refractivity (Wildman–Crippen MR) is 52.1 cm³/mol. The highest BCUT2D eigenvalue weighted by molar-refractivity contribution is 5.86. The normalized spacial score (nSPS) is 15.7. The first-order valence-corrected chi connectivity index (χ1v) is 5.27. The number of rotatable bonds is 7. The number of carboxylic acid groups (broad SMARTS) is 1. The molecule has 23 heavy (non-hydrogen) atoms. The highest BCUT2D eigenvalue weighted by Gasteiger charge is 2.85. The van der Waals surface area contributed by atoms with Crippen molar-refractivity contribution in [3.8, 4) is 0 Å². The monoisotopic (exact) mass is 368 g/mol. The van der Waals surface area contributed by atoms with Crippen LogP contribution in [0.2, 0.25) is 0 Å². The molecule has 0 heterocycles. The third-order valence-electron chi connectivity index (χ3n) is 2.57. The van der Waals surface area contributed by atoms with Crippen molar-refractivity contribution in [2.45, 2.75) is 36.5 Å². The molecule has 0 spiro atoms. The summed E-state index contributed by atoms with van der Waals surface area (Å²) in [5.41, 5.74) is -1.65. The molecule has 2 nitrogen and oxygen atoms in total. The van der Waals surface area contributed by atoms with Crippen molar-refractivity contribution in [1.29, 1.82) is 0 Å². The van der Waals surface area contributed by atoms with Crippen LogP contribution in [-0.4, -0.2) is 47.4 Å². The van der Waals surface area contributed by atoms with Crippen LogP contribution in [0.1, 0.15) is 6.92 Å². The van der Waals surface area contributed by atoms with Crippen molar-refractivity contribution in [2.24, 2.45) is 0 Å². The second-order valence-electron chi connectivity index (χ2n) is 4.32. The van der Waals surface area contributed by atoms with Crippen molar-refractivity contribution >= 4 is 5.97 Å². The summed E-state index contributed by atoms with van der Waals surface area (Å²) >= 11 is 0. The van der Waals surface area contributed by atoms with Gasteiger partial charge in [0, 0.05) is 11.6 Å². The van der Waals surface area contributed by atoms with Gasteiger partial charge in [-0.1, -0.05) is 0 Å². The van der Waals surface area contributed by atoms with Crippen LogP contribution in [0.25, 0.3) is 0 Å². The number of aliphatic carboxylic acids is 1. The minimum atomic E-state index is -7.41. The van der Waals surface area contributed by atoms with Crippen LogP contribution in [0.3, 0.4) is 0 Å². The molecule has 0 atom stereocenters. The largest absolute Gasteiger partial charge is 0.478 e. The lowest BCUT2D eigenvalue weighted by atomic mass is 9.94. The van der Waals surface area contributed by atoms with E-state index in [1.54, 1.807) is 0 Å². The molecule has 0 fully saturated rings. The molecule has 0 bridgehead atoms. The maximum Gasteiger partial charge on any atom is 0.384 e. The molecular formula is C10H7F11O2. The van der Waals surface area contributed by atoms with E-state index in [1.807, 2.05) is 0 Å². The van der Waals surface area contributed by atoms with Crippen LogP contribution in [-0.2, 0) is 4.79 Å². The van der Waals surface area contributed by atoms with Gasteiger partial charge < -0.3 is 5.11 Å². The summed E-state index contributed by atoms with van der Waals surface area (Å²) in [4.78, 5) is 10.2. The van der Waals surface area contributed by atoms with E-state index in [9.17, 15) is 53.1 Å². The van der Waals surface area contributed by atoms with Gasteiger partial charge in [0.05, 0.1) is 0 Å². The van der Waals surface area contributed by atoms with E-state index in [0.717, 1.165) is 0 Å². The Balaban J connectivity index is 6.17. The molecule has 0 aliphatic carbocycles. The van der Waals surface area contributed by atoms with Crippen molar-refractivity contribution in [3.05, 3.63) is 11.6 Å². The standard InChI is InChI=1S/C10H7F11O2/c1-4(5(22)23)2-6(12,13)8(16,17)10(20,21)9(18,19)7(14,15)3-11/h2H,3H2,1H3,(H,22,23)/b4-2+. The molecule has 0 aliphatic rings. The number of carboxylic acids is 1. The molecule has 0 aromatic heterocycles. The summed E-state index contributed by atoms with van der Waals surface area (Å²) in [6, 6.07) is 0. The zero-order valence-electron chi connectivity index (χ0n) is 10.8. The molecular weight excluding hydrogens is 361 g/mol. The van der Waals surface area contributed by atoms with Crippen molar-refractivity contribution < 1.29 is 58.2 Å². The van der Waals surface area contributed by atoms with Gasteiger partial charge in [0.25, 0.3) is 0 Å². The molecule has 0 aromatic carbocycles. The van der Waals surface area contributed by atoms with Crippen molar-refractivity contribution in [1.82, 2.24) is 0 Å². The lowest BCUT2D eigenvalue weighted by Crippen LogP contribution is -2.67. The second kappa shape index (κ2) is 5.82. The van der Waals surface area contributed by atoms with Crippen molar-refractivity contribution in [2.75, 3.05) is 6.67 Å². The SMILES string of the molecule is C/C(=C\C(F)(F)C(F)(F)C(F)(F)C(F)(F)C(F)(F)CF)C(=O)O. The van der Waals surface area contributed by atoms with Crippen LogP contribution in [0.5, 0.6) is 0 Å². The fourth-order valence-electron chi connectivity index (χ4n) is 1.14. The van der Waals surface area contributed by atoms with E-state index in [0.29, 0.717) is 0 Å². The molecule has 0 aliphatic heterocycles. The molecule has 0 unspecified atom stereocenters. The fourth-order valence-corrected chi connectivity index (χ4v) is 1.14. The lowest BCUT2D eigenvalue weighted by molar-refractivity contribution is -0.395. The van der Waals surface area contributed by atoms with Gasteiger partial charge in [-0.25, -0.2) is 9.18 Å². The molecule has 0 saturated heterocycles. The summed E-state index contributed by atoms with van der Waals surface area (Å²) < 4.78 is 141. The Kier molecular flexibility index (Phi) is 5.42. The number of allylic oxidation sites excluding steroid dienone is 1. The first-order valence-electron chi connectivity index (χ1n) is 5.27. The number of carbonyl (C=O) groups is 1. The van der Waals surface area contributed by atoms with Gasteiger partial charge in [0.15, 0.2) is 6.67 Å². The maximum absolute atomic E-state index is 13.1. The fraction of sp³-hybridized carbons (Fsp3) is 0.700. The van der Waals surface area contributed by atoms with Crippen LogP contribution >= 0.6 is 0 Å². The average molecular weight is 368 g/mol. The minimum Gasteiger partial charge on any atom is -0.478 e. The summed E-state index contributed by atoms with van der Waals surface area (Å²) in [5, 5.41) is 8.19. The molecule has 1 N–H and O–H groups in total. The van der Waals surface area contributed by atoms with Crippen LogP contribution in [0.15, 0.2) is 11.6 Å². The van der Waals surface area contributed by atoms with E-state index in [1.165, 1.54) is 0 Å². The van der Waals surface area contributed by atoms with Gasteiger partial charge in [-0.05, 0) is 6.92 Å². The third-order valence-corrected chi connectivity index (χ3v) is 2.57. The van der Waals surface area contributed by atoms with Crippen LogP contribution in [0, 0.1) is 0 Å². The van der Waals surface area contributed by atoms with E-state index >= 15 is 0 Å². The number of hydrogen-bond donors (Lipinski definition) is 1. The smallest absolute Gasteiger partial charge is 0.384 e. The van der Waals surface area contributed by atoms with Gasteiger partial charge >= 0.3 is 35.6 Å². The topological polar surface area (TPSA) is 37.3 Å². The van der Waals surface area contributed by atoms with Gasteiger partial charge in [-0.15, -0.1) is 0 Å². The third kappa shape index (κ3) is 3.22. The van der Waals surface area contributed by atoms with E-state index in [2.05, 4.69) is 0 Å². The second-order valence-corrected chi connectivity index (χ2v) is 4.32. The Labute approximate surface area is 120 Å². The van der Waals surface area contributed by atoms with E-state index < -0.39 is 53.9 Å². The summed E-state index contributed by atoms with van der Waals surface area (Å²) in [6.07, 6.45) is -1.30. The molecule has 0 aromatic rings. The zero-order chi connectivity index (χ0) is 19.1. The maximum atomic E-state index is 13.1. The molecule has 13 heteroatoms. The van der Waals surface area contributed by atoms with Crippen LogP contribution < -0.4 is 0 Å². The summed E-state index contributed by atoms with van der Waals surface area (Å²) in [7, 11) is 0. The highest BCUT2D eigenvalue weighted by atomic mass is 19.4. The van der Waals surface area contributed by atoms with Gasteiger partial charge in [-0.3, -0.25) is 0 Å². The van der Waals surface area contributed by atoms with E-state index in [4.69, 9.17) is 5.11 Å². The summed E-state index contributed by atoms with van der Waals surface area (Å²) in [5.74, 6) is -36.7. The Hall–Kier alpha value is -1.56. The molecule has 0 rings (SSSR count). The number of halogens is 11.